The number of hydrogen-bond donors (Lipinski definition) is 0. The van der Waals surface area contributed by atoms with Crippen LogP contribution in [0.1, 0.15) is 28.4 Å². The molecule has 4 heterocycles. The molecule has 0 saturated heterocycles. The summed E-state index contributed by atoms with van der Waals surface area (Å²) in [5.74, 6) is 0.761. The summed E-state index contributed by atoms with van der Waals surface area (Å²) < 4.78 is 13.1. The second kappa shape index (κ2) is 6.99. The molecular weight excluding hydrogens is 334 g/mol. The van der Waals surface area contributed by atoms with Crippen LogP contribution in [0.25, 0.3) is 0 Å². The number of aromatic nitrogens is 4. The molecule has 0 radical (unpaired) electrons. The molecule has 1 atom stereocenters. The number of hydrogen-bond acceptors (Lipinski definition) is 6. The summed E-state index contributed by atoms with van der Waals surface area (Å²) in [6, 6.07) is 5.48. The predicted molar refractivity (Wildman–Crippen MR) is 91.5 cm³/mol. The standard InChI is InChI=1S/C18H19N5O3/c1-13-17(26-12-20-13)18(24)22-10-14-4-7-21-23(14)8-5-15(22)11-25-16-3-2-6-19-9-16/h2-4,6-7,9,12,15H,5,8,10-11H2,1H3/t15-/m1/s1. The highest BCUT2D eigenvalue weighted by Gasteiger charge is 2.31. The maximum absolute atomic E-state index is 13.1. The number of aryl methyl sites for hydroxylation is 2. The number of fused-ring (bicyclic) bond motifs is 1. The van der Waals surface area contributed by atoms with Crippen molar-refractivity contribution in [2.45, 2.75) is 32.5 Å². The predicted octanol–water partition coefficient (Wildman–Crippen LogP) is 2.07. The van der Waals surface area contributed by atoms with E-state index in [1.165, 1.54) is 6.39 Å². The average molecular weight is 353 g/mol. The lowest BCUT2D eigenvalue weighted by Crippen LogP contribution is -2.42. The highest BCUT2D eigenvalue weighted by molar-refractivity contribution is 5.92. The van der Waals surface area contributed by atoms with E-state index in [0.717, 1.165) is 18.7 Å². The van der Waals surface area contributed by atoms with Crippen molar-refractivity contribution in [3.63, 3.8) is 0 Å². The minimum Gasteiger partial charge on any atom is -0.490 e. The number of amides is 1. The Labute approximate surface area is 150 Å². The Balaban J connectivity index is 1.58. The third-order valence-corrected chi connectivity index (χ3v) is 4.53. The number of carbonyl (C=O) groups is 1. The molecule has 3 aromatic rings. The molecule has 0 spiro atoms. The van der Waals surface area contributed by atoms with Crippen molar-refractivity contribution >= 4 is 5.91 Å². The number of oxazole rings is 1. The van der Waals surface area contributed by atoms with Crippen LogP contribution >= 0.6 is 0 Å². The van der Waals surface area contributed by atoms with E-state index in [2.05, 4.69) is 15.1 Å². The Bertz CT molecular complexity index is 889. The SMILES string of the molecule is Cc1ncoc1C(=O)N1Cc2ccnn2CC[C@@H]1COc1cccnc1. The minimum absolute atomic E-state index is 0.117. The van der Waals surface area contributed by atoms with Crippen LogP contribution in [0.15, 0.2) is 47.6 Å². The van der Waals surface area contributed by atoms with Gasteiger partial charge >= 0.3 is 0 Å². The fraction of sp³-hybridized carbons (Fsp3) is 0.333. The van der Waals surface area contributed by atoms with E-state index in [9.17, 15) is 4.79 Å². The fourth-order valence-corrected chi connectivity index (χ4v) is 3.10. The molecule has 8 heteroatoms. The second-order valence-corrected chi connectivity index (χ2v) is 6.19. The van der Waals surface area contributed by atoms with Gasteiger partial charge in [-0.25, -0.2) is 4.98 Å². The van der Waals surface area contributed by atoms with Crippen LogP contribution in [0.2, 0.25) is 0 Å². The lowest BCUT2D eigenvalue weighted by atomic mass is 10.1. The van der Waals surface area contributed by atoms with Crippen molar-refractivity contribution in [3.05, 3.63) is 60.3 Å². The third kappa shape index (κ3) is 3.17. The third-order valence-electron chi connectivity index (χ3n) is 4.53. The van der Waals surface area contributed by atoms with Gasteiger partial charge in [-0.3, -0.25) is 14.5 Å². The van der Waals surface area contributed by atoms with Crippen LogP contribution in [0, 0.1) is 6.92 Å². The molecule has 26 heavy (non-hydrogen) atoms. The molecule has 0 aliphatic carbocycles. The highest BCUT2D eigenvalue weighted by Crippen LogP contribution is 2.22. The first-order chi connectivity index (χ1) is 12.7. The monoisotopic (exact) mass is 353 g/mol. The Morgan fingerprint density at radius 1 is 1.38 bits per heavy atom. The molecule has 1 aliphatic rings. The van der Waals surface area contributed by atoms with E-state index < -0.39 is 0 Å². The molecule has 0 saturated carbocycles. The van der Waals surface area contributed by atoms with Gasteiger partial charge in [0.2, 0.25) is 5.76 Å². The van der Waals surface area contributed by atoms with Gasteiger partial charge in [-0.2, -0.15) is 5.10 Å². The smallest absolute Gasteiger partial charge is 0.292 e. The van der Waals surface area contributed by atoms with Crippen LogP contribution in [-0.4, -0.2) is 43.2 Å². The van der Waals surface area contributed by atoms with E-state index in [1.54, 1.807) is 30.4 Å². The van der Waals surface area contributed by atoms with Crippen LogP contribution in [0.4, 0.5) is 0 Å². The van der Waals surface area contributed by atoms with Gasteiger partial charge in [0.1, 0.15) is 12.4 Å². The van der Waals surface area contributed by atoms with Crippen molar-refractivity contribution in [1.29, 1.82) is 0 Å². The Kier molecular flexibility index (Phi) is 4.39. The zero-order valence-electron chi connectivity index (χ0n) is 14.4. The summed E-state index contributed by atoms with van der Waals surface area (Å²) in [4.78, 5) is 23.0. The lowest BCUT2D eigenvalue weighted by Gasteiger charge is -2.29. The van der Waals surface area contributed by atoms with Crippen molar-refractivity contribution in [2.75, 3.05) is 6.61 Å². The summed E-state index contributed by atoms with van der Waals surface area (Å²) in [5, 5.41) is 4.34. The van der Waals surface area contributed by atoms with Crippen molar-refractivity contribution in [3.8, 4) is 5.75 Å². The molecule has 0 bridgehead atoms. The topological polar surface area (TPSA) is 86.3 Å². The summed E-state index contributed by atoms with van der Waals surface area (Å²) in [7, 11) is 0. The molecule has 3 aromatic heterocycles. The highest BCUT2D eigenvalue weighted by atomic mass is 16.5. The summed E-state index contributed by atoms with van der Waals surface area (Å²) >= 11 is 0. The molecule has 1 amide bonds. The van der Waals surface area contributed by atoms with E-state index >= 15 is 0 Å². The summed E-state index contributed by atoms with van der Waals surface area (Å²) in [6.07, 6.45) is 7.14. The van der Waals surface area contributed by atoms with Gasteiger partial charge in [-0.15, -0.1) is 0 Å². The molecule has 134 valence electrons. The maximum Gasteiger partial charge on any atom is 0.292 e. The van der Waals surface area contributed by atoms with Crippen LogP contribution in [0.3, 0.4) is 0 Å². The van der Waals surface area contributed by atoms with Gasteiger partial charge < -0.3 is 14.1 Å². The van der Waals surface area contributed by atoms with Gasteiger partial charge in [-0.05, 0) is 31.5 Å². The molecule has 4 rings (SSSR count). The Morgan fingerprint density at radius 3 is 3.08 bits per heavy atom. The second-order valence-electron chi connectivity index (χ2n) is 6.19. The average Bonchev–Trinajstić information content (AvgIpc) is 3.25. The first-order valence-electron chi connectivity index (χ1n) is 8.47. The van der Waals surface area contributed by atoms with Gasteiger partial charge in [0.15, 0.2) is 6.39 Å². The quantitative estimate of drug-likeness (QED) is 0.714. The van der Waals surface area contributed by atoms with Gasteiger partial charge in [0.25, 0.3) is 5.91 Å². The first-order valence-corrected chi connectivity index (χ1v) is 8.47. The zero-order valence-corrected chi connectivity index (χ0v) is 14.4. The minimum atomic E-state index is -0.186. The molecule has 8 nitrogen and oxygen atoms in total. The zero-order chi connectivity index (χ0) is 17.9. The number of pyridine rings is 1. The van der Waals surface area contributed by atoms with Crippen LogP contribution < -0.4 is 4.74 Å². The fourth-order valence-electron chi connectivity index (χ4n) is 3.10. The number of nitrogens with zero attached hydrogens (tertiary/aromatic N) is 5. The van der Waals surface area contributed by atoms with Gasteiger partial charge in [0.05, 0.1) is 30.2 Å². The van der Waals surface area contributed by atoms with Crippen molar-refractivity contribution < 1.29 is 13.9 Å². The van der Waals surface area contributed by atoms with E-state index in [-0.39, 0.29) is 17.7 Å². The Morgan fingerprint density at radius 2 is 2.31 bits per heavy atom. The van der Waals surface area contributed by atoms with E-state index in [4.69, 9.17) is 9.15 Å². The van der Waals surface area contributed by atoms with E-state index in [0.29, 0.717) is 24.6 Å². The van der Waals surface area contributed by atoms with Gasteiger partial charge in [-0.1, -0.05) is 0 Å². The first kappa shape index (κ1) is 16.3. The lowest BCUT2D eigenvalue weighted by molar-refractivity contribution is 0.0556. The molecule has 0 fully saturated rings. The van der Waals surface area contributed by atoms with E-state index in [1.807, 2.05) is 22.9 Å². The van der Waals surface area contributed by atoms with Crippen LogP contribution in [0.5, 0.6) is 5.75 Å². The maximum atomic E-state index is 13.1. The van der Waals surface area contributed by atoms with Crippen molar-refractivity contribution in [1.82, 2.24) is 24.6 Å². The van der Waals surface area contributed by atoms with Crippen molar-refractivity contribution in [2.24, 2.45) is 0 Å². The van der Waals surface area contributed by atoms with Gasteiger partial charge in [0, 0.05) is 18.9 Å². The van der Waals surface area contributed by atoms with Crippen LogP contribution in [-0.2, 0) is 13.1 Å². The number of rotatable bonds is 4. The molecule has 1 aliphatic heterocycles. The molecule has 0 aromatic carbocycles. The number of carbonyl (C=O) groups excluding carboxylic acids is 1. The normalized spacial score (nSPS) is 16.8. The molecular formula is C18H19N5O3. The number of ether oxygens (including phenoxy) is 1. The summed E-state index contributed by atoms with van der Waals surface area (Å²) in [5.41, 5.74) is 1.57. The summed E-state index contributed by atoms with van der Waals surface area (Å²) in [6.45, 7) is 3.30. The molecule has 0 N–H and O–H groups in total. The Hall–Kier alpha value is -3.16. The largest absolute Gasteiger partial charge is 0.490 e. The molecule has 0 unspecified atom stereocenters.